The molecule has 0 saturated carbocycles. The molecule has 1 atom stereocenters. The van der Waals surface area contributed by atoms with E-state index < -0.39 is 0 Å². The number of aldehydes is 1. The van der Waals surface area contributed by atoms with Crippen molar-refractivity contribution in [1.29, 1.82) is 5.26 Å². The van der Waals surface area contributed by atoms with Gasteiger partial charge >= 0.3 is 0 Å². The summed E-state index contributed by atoms with van der Waals surface area (Å²) in [5, 5.41) is 15.4. The van der Waals surface area contributed by atoms with Gasteiger partial charge in [0.1, 0.15) is 6.29 Å². The van der Waals surface area contributed by atoms with Crippen molar-refractivity contribution in [1.82, 2.24) is 0 Å². The number of rotatable bonds is 8. The third-order valence-corrected chi connectivity index (χ3v) is 3.19. The highest BCUT2D eigenvalue weighted by molar-refractivity contribution is 5.62. The second kappa shape index (κ2) is 12.4. The Kier molecular flexibility index (Phi) is 11.4. The second-order valence-electron chi connectivity index (χ2n) is 4.77. The zero-order valence-corrected chi connectivity index (χ0v) is 12.5. The number of carbonyl (C=O) groups is 1. The lowest BCUT2D eigenvalue weighted by Crippen LogP contribution is -2.00. The molecule has 0 saturated heterocycles. The van der Waals surface area contributed by atoms with Crippen LogP contribution in [0.1, 0.15) is 55.6 Å². The summed E-state index contributed by atoms with van der Waals surface area (Å²) >= 11 is 0. The summed E-state index contributed by atoms with van der Waals surface area (Å²) in [5.41, 5.74) is 2.33. The zero-order chi connectivity index (χ0) is 15.2. The zero-order valence-electron chi connectivity index (χ0n) is 12.5. The molecular weight excluding hydrogens is 250 g/mol. The summed E-state index contributed by atoms with van der Waals surface area (Å²) in [6.45, 7) is 2.05. The summed E-state index contributed by atoms with van der Waals surface area (Å²) in [6.07, 6.45) is 6.86. The Bertz CT molecular complexity index is 410. The minimum atomic E-state index is 0.0286. The molecule has 0 aromatic heterocycles. The third kappa shape index (κ3) is 7.70. The summed E-state index contributed by atoms with van der Waals surface area (Å²) in [6, 6.07) is 10.3. The molecule has 0 amide bonds. The topological polar surface area (TPSA) is 61.1 Å². The van der Waals surface area contributed by atoms with Crippen molar-refractivity contribution < 1.29 is 9.90 Å². The van der Waals surface area contributed by atoms with E-state index in [2.05, 4.69) is 12.1 Å². The summed E-state index contributed by atoms with van der Waals surface area (Å²) in [5.74, 6) is 0.0286. The Morgan fingerprint density at radius 1 is 1.25 bits per heavy atom. The standard InChI is InChI=1S/C16H21NO.CH4O/c1-14-8-7-10-15(12-14)16(13-18)9-5-3-2-4-6-11-17;1-2/h7-8,10,12-13,16H,2-6,9H2,1H3;2H,1H3. The molecule has 0 spiro atoms. The molecule has 1 aromatic rings. The number of hydrogen-bond acceptors (Lipinski definition) is 3. The van der Waals surface area contributed by atoms with E-state index in [0.717, 1.165) is 51.1 Å². The Hall–Kier alpha value is -1.66. The molecule has 0 bridgehead atoms. The quantitative estimate of drug-likeness (QED) is 0.580. The van der Waals surface area contributed by atoms with Crippen LogP contribution in [0.5, 0.6) is 0 Å². The van der Waals surface area contributed by atoms with Gasteiger partial charge in [0.2, 0.25) is 0 Å². The van der Waals surface area contributed by atoms with Gasteiger partial charge in [0.25, 0.3) is 0 Å². The summed E-state index contributed by atoms with van der Waals surface area (Å²) in [7, 11) is 1.00. The van der Waals surface area contributed by atoms with E-state index in [9.17, 15) is 4.79 Å². The molecule has 110 valence electrons. The molecule has 0 aliphatic heterocycles. The van der Waals surface area contributed by atoms with Gasteiger partial charge in [-0.3, -0.25) is 0 Å². The minimum absolute atomic E-state index is 0.0286. The molecule has 3 heteroatoms. The van der Waals surface area contributed by atoms with Gasteiger partial charge in [0, 0.05) is 19.4 Å². The average molecular weight is 275 g/mol. The molecule has 0 aliphatic rings. The van der Waals surface area contributed by atoms with Gasteiger partial charge in [-0.15, -0.1) is 0 Å². The lowest BCUT2D eigenvalue weighted by molar-refractivity contribution is -0.109. The first kappa shape index (κ1) is 18.3. The smallest absolute Gasteiger partial charge is 0.127 e. The maximum atomic E-state index is 11.1. The van der Waals surface area contributed by atoms with Crippen LogP contribution in [0.15, 0.2) is 24.3 Å². The molecule has 1 N–H and O–H groups in total. The highest BCUT2D eigenvalue weighted by Gasteiger charge is 2.09. The van der Waals surface area contributed by atoms with Crippen LogP contribution >= 0.6 is 0 Å². The summed E-state index contributed by atoms with van der Waals surface area (Å²) in [4.78, 5) is 11.1. The van der Waals surface area contributed by atoms with Gasteiger partial charge in [0.05, 0.1) is 6.07 Å². The number of hydrogen-bond donors (Lipinski definition) is 1. The van der Waals surface area contributed by atoms with Crippen LogP contribution < -0.4 is 0 Å². The molecule has 1 rings (SSSR count). The molecule has 1 unspecified atom stereocenters. The Balaban J connectivity index is 0.00000172. The average Bonchev–Trinajstić information content (AvgIpc) is 2.49. The number of unbranched alkanes of at least 4 members (excludes halogenated alkanes) is 4. The van der Waals surface area contributed by atoms with E-state index in [-0.39, 0.29) is 5.92 Å². The van der Waals surface area contributed by atoms with Crippen LogP contribution in [0.4, 0.5) is 0 Å². The molecule has 1 aromatic carbocycles. The van der Waals surface area contributed by atoms with Gasteiger partial charge < -0.3 is 9.90 Å². The summed E-state index contributed by atoms with van der Waals surface area (Å²) < 4.78 is 0. The number of nitriles is 1. The van der Waals surface area contributed by atoms with Gasteiger partial charge in [-0.05, 0) is 25.3 Å². The fourth-order valence-corrected chi connectivity index (χ4v) is 2.14. The molecule has 0 radical (unpaired) electrons. The first-order chi connectivity index (χ1) is 9.77. The minimum Gasteiger partial charge on any atom is -0.400 e. The number of benzene rings is 1. The predicted octanol–water partition coefficient (Wildman–Crippen LogP) is 3.75. The number of aliphatic hydroxyl groups excluding tert-OH is 1. The fraction of sp³-hybridized carbons (Fsp3) is 0.529. The fourth-order valence-electron chi connectivity index (χ4n) is 2.14. The molecule has 20 heavy (non-hydrogen) atoms. The Labute approximate surface area is 122 Å². The first-order valence-electron chi connectivity index (χ1n) is 7.11. The second-order valence-corrected chi connectivity index (χ2v) is 4.77. The van der Waals surface area contributed by atoms with Crippen molar-refractivity contribution in [2.75, 3.05) is 7.11 Å². The van der Waals surface area contributed by atoms with Crippen molar-refractivity contribution in [2.45, 2.75) is 51.4 Å². The van der Waals surface area contributed by atoms with Crippen LogP contribution in [0.2, 0.25) is 0 Å². The van der Waals surface area contributed by atoms with Gasteiger partial charge in [0.15, 0.2) is 0 Å². The van der Waals surface area contributed by atoms with Crippen molar-refractivity contribution in [3.63, 3.8) is 0 Å². The number of aryl methyl sites for hydroxylation is 1. The van der Waals surface area contributed by atoms with Crippen LogP contribution in [0.3, 0.4) is 0 Å². The lowest BCUT2D eigenvalue weighted by atomic mass is 9.93. The number of nitrogens with zero attached hydrogens (tertiary/aromatic N) is 1. The van der Waals surface area contributed by atoms with Crippen molar-refractivity contribution in [2.24, 2.45) is 0 Å². The first-order valence-corrected chi connectivity index (χ1v) is 7.11. The van der Waals surface area contributed by atoms with E-state index in [1.54, 1.807) is 0 Å². The number of aliphatic hydroxyl groups is 1. The monoisotopic (exact) mass is 275 g/mol. The van der Waals surface area contributed by atoms with E-state index in [1.165, 1.54) is 5.56 Å². The Morgan fingerprint density at radius 2 is 1.95 bits per heavy atom. The third-order valence-electron chi connectivity index (χ3n) is 3.19. The predicted molar refractivity (Wildman–Crippen MR) is 81.4 cm³/mol. The van der Waals surface area contributed by atoms with Crippen LogP contribution in [0, 0.1) is 18.3 Å². The maximum absolute atomic E-state index is 11.1. The highest BCUT2D eigenvalue weighted by Crippen LogP contribution is 2.21. The lowest BCUT2D eigenvalue weighted by Gasteiger charge is -2.11. The van der Waals surface area contributed by atoms with Crippen LogP contribution in [-0.2, 0) is 4.79 Å². The van der Waals surface area contributed by atoms with E-state index in [0.29, 0.717) is 6.42 Å². The normalized spacial score (nSPS) is 10.9. The van der Waals surface area contributed by atoms with Crippen LogP contribution in [-0.4, -0.2) is 18.5 Å². The van der Waals surface area contributed by atoms with Crippen molar-refractivity contribution in [3.8, 4) is 6.07 Å². The van der Waals surface area contributed by atoms with Crippen LogP contribution in [0.25, 0.3) is 0 Å². The largest absolute Gasteiger partial charge is 0.400 e. The van der Waals surface area contributed by atoms with Gasteiger partial charge in [-0.25, -0.2) is 0 Å². The SMILES string of the molecule is CO.Cc1cccc(C(C=O)CCCCCCC#N)c1. The van der Waals surface area contributed by atoms with E-state index in [4.69, 9.17) is 10.4 Å². The maximum Gasteiger partial charge on any atom is 0.127 e. The molecular formula is C17H25NO2. The molecule has 0 heterocycles. The van der Waals surface area contributed by atoms with Gasteiger partial charge in [-0.2, -0.15) is 5.26 Å². The molecule has 3 nitrogen and oxygen atoms in total. The van der Waals surface area contributed by atoms with E-state index in [1.807, 2.05) is 25.1 Å². The Morgan fingerprint density at radius 3 is 2.55 bits per heavy atom. The van der Waals surface area contributed by atoms with Crippen molar-refractivity contribution >= 4 is 6.29 Å². The van der Waals surface area contributed by atoms with Gasteiger partial charge in [-0.1, -0.05) is 49.1 Å². The molecule has 0 aliphatic carbocycles. The molecule has 0 fully saturated rings. The van der Waals surface area contributed by atoms with E-state index >= 15 is 0 Å². The van der Waals surface area contributed by atoms with Crippen molar-refractivity contribution in [3.05, 3.63) is 35.4 Å². The number of carbonyl (C=O) groups excluding carboxylic acids is 1. The highest BCUT2D eigenvalue weighted by atomic mass is 16.2.